The van der Waals surface area contributed by atoms with Crippen LogP contribution >= 0.6 is 11.6 Å². The van der Waals surface area contributed by atoms with E-state index in [4.69, 9.17) is 21.1 Å². The standard InChI is InChI=1S/C17H15ClO3/c1-2-11-20-17(19)14-5-9-16(10-6-14)21-12-13-3-7-15(18)8-4-13/h2-10H,1,11-12H2. The largest absolute Gasteiger partial charge is 0.489 e. The number of esters is 1. The van der Waals surface area contributed by atoms with Crippen molar-refractivity contribution in [2.75, 3.05) is 6.61 Å². The van der Waals surface area contributed by atoms with Crippen molar-refractivity contribution in [3.05, 3.63) is 77.3 Å². The molecule has 0 radical (unpaired) electrons. The van der Waals surface area contributed by atoms with E-state index in [0.717, 1.165) is 5.56 Å². The predicted octanol–water partition coefficient (Wildman–Crippen LogP) is 4.26. The zero-order valence-corrected chi connectivity index (χ0v) is 12.2. The van der Waals surface area contributed by atoms with Crippen LogP contribution in [0.2, 0.25) is 5.02 Å². The Balaban J connectivity index is 1.91. The molecule has 2 rings (SSSR count). The Morgan fingerprint density at radius 1 is 1.10 bits per heavy atom. The Labute approximate surface area is 128 Å². The first-order valence-electron chi connectivity index (χ1n) is 6.44. The minimum atomic E-state index is -0.376. The number of hydrogen-bond donors (Lipinski definition) is 0. The van der Waals surface area contributed by atoms with Gasteiger partial charge in [-0.05, 0) is 42.0 Å². The molecule has 4 heteroatoms. The van der Waals surface area contributed by atoms with Gasteiger partial charge in [-0.3, -0.25) is 0 Å². The first-order chi connectivity index (χ1) is 10.2. The normalized spacial score (nSPS) is 9.95. The number of carbonyl (C=O) groups excluding carboxylic acids is 1. The van der Waals surface area contributed by atoms with E-state index in [1.54, 1.807) is 24.3 Å². The van der Waals surface area contributed by atoms with Crippen LogP contribution in [0.3, 0.4) is 0 Å². The van der Waals surface area contributed by atoms with E-state index in [9.17, 15) is 4.79 Å². The summed E-state index contributed by atoms with van der Waals surface area (Å²) in [5, 5.41) is 0.695. The van der Waals surface area contributed by atoms with E-state index in [2.05, 4.69) is 6.58 Å². The molecular weight excluding hydrogens is 288 g/mol. The first-order valence-corrected chi connectivity index (χ1v) is 6.82. The maximum absolute atomic E-state index is 11.6. The molecule has 0 aromatic heterocycles. The van der Waals surface area contributed by atoms with Crippen LogP contribution in [0.4, 0.5) is 0 Å². The van der Waals surface area contributed by atoms with Crippen molar-refractivity contribution >= 4 is 17.6 Å². The zero-order chi connectivity index (χ0) is 15.1. The summed E-state index contributed by atoms with van der Waals surface area (Å²) < 4.78 is 10.6. The van der Waals surface area contributed by atoms with Gasteiger partial charge in [0.2, 0.25) is 0 Å². The quantitative estimate of drug-likeness (QED) is 0.591. The molecule has 0 bridgehead atoms. The third kappa shape index (κ3) is 4.65. The number of halogens is 1. The summed E-state index contributed by atoms with van der Waals surface area (Å²) in [7, 11) is 0. The molecule has 0 aliphatic rings. The van der Waals surface area contributed by atoms with Gasteiger partial charge in [0, 0.05) is 5.02 Å². The highest BCUT2D eigenvalue weighted by Gasteiger charge is 2.06. The third-order valence-electron chi connectivity index (χ3n) is 2.74. The molecule has 3 nitrogen and oxygen atoms in total. The first kappa shape index (κ1) is 15.1. The molecule has 0 saturated carbocycles. The lowest BCUT2D eigenvalue weighted by Gasteiger charge is -2.07. The number of carbonyl (C=O) groups is 1. The second kappa shape index (κ2) is 7.50. The summed E-state index contributed by atoms with van der Waals surface area (Å²) in [5.41, 5.74) is 1.50. The maximum Gasteiger partial charge on any atom is 0.338 e. The molecule has 0 unspecified atom stereocenters. The van der Waals surface area contributed by atoms with Gasteiger partial charge >= 0.3 is 5.97 Å². The van der Waals surface area contributed by atoms with Crippen LogP contribution in [0.15, 0.2) is 61.2 Å². The predicted molar refractivity (Wildman–Crippen MR) is 82.7 cm³/mol. The minimum Gasteiger partial charge on any atom is -0.489 e. The molecule has 0 saturated heterocycles. The van der Waals surface area contributed by atoms with Crippen molar-refractivity contribution < 1.29 is 14.3 Å². The van der Waals surface area contributed by atoms with E-state index in [0.29, 0.717) is 22.9 Å². The average Bonchev–Trinajstić information content (AvgIpc) is 2.52. The van der Waals surface area contributed by atoms with E-state index >= 15 is 0 Å². The van der Waals surface area contributed by atoms with Gasteiger partial charge in [0.05, 0.1) is 5.56 Å². The summed E-state index contributed by atoms with van der Waals surface area (Å²) in [5.74, 6) is 0.310. The lowest BCUT2D eigenvalue weighted by atomic mass is 10.2. The summed E-state index contributed by atoms with van der Waals surface area (Å²) in [6.45, 7) is 4.14. The maximum atomic E-state index is 11.6. The fourth-order valence-electron chi connectivity index (χ4n) is 1.65. The molecule has 21 heavy (non-hydrogen) atoms. The molecule has 0 fully saturated rings. The Morgan fingerprint density at radius 2 is 1.76 bits per heavy atom. The minimum absolute atomic E-state index is 0.202. The SMILES string of the molecule is C=CCOC(=O)c1ccc(OCc2ccc(Cl)cc2)cc1. The lowest BCUT2D eigenvalue weighted by molar-refractivity contribution is 0.0549. The molecule has 108 valence electrons. The van der Waals surface area contributed by atoms with E-state index in [1.807, 2.05) is 24.3 Å². The van der Waals surface area contributed by atoms with Gasteiger partial charge in [0.1, 0.15) is 19.0 Å². The van der Waals surface area contributed by atoms with Gasteiger partial charge < -0.3 is 9.47 Å². The van der Waals surface area contributed by atoms with Gasteiger partial charge in [-0.25, -0.2) is 4.79 Å². The van der Waals surface area contributed by atoms with Gasteiger partial charge in [-0.1, -0.05) is 36.4 Å². The highest BCUT2D eigenvalue weighted by atomic mass is 35.5. The van der Waals surface area contributed by atoms with Crippen molar-refractivity contribution in [2.24, 2.45) is 0 Å². The molecule has 0 spiro atoms. The highest BCUT2D eigenvalue weighted by molar-refractivity contribution is 6.30. The lowest BCUT2D eigenvalue weighted by Crippen LogP contribution is -2.04. The number of rotatable bonds is 6. The fraction of sp³-hybridized carbons (Fsp3) is 0.118. The van der Waals surface area contributed by atoms with Crippen LogP contribution < -0.4 is 4.74 Å². The molecule has 2 aromatic carbocycles. The summed E-state index contributed by atoms with van der Waals surface area (Å²) >= 11 is 5.82. The molecule has 0 aliphatic heterocycles. The Kier molecular flexibility index (Phi) is 5.41. The van der Waals surface area contributed by atoms with Crippen LogP contribution in [0.25, 0.3) is 0 Å². The second-order valence-corrected chi connectivity index (χ2v) is 4.76. The van der Waals surface area contributed by atoms with Crippen LogP contribution in [-0.2, 0) is 11.3 Å². The smallest absolute Gasteiger partial charge is 0.338 e. The highest BCUT2D eigenvalue weighted by Crippen LogP contribution is 2.16. The molecule has 0 heterocycles. The van der Waals surface area contributed by atoms with Gasteiger partial charge in [0.25, 0.3) is 0 Å². The van der Waals surface area contributed by atoms with Crippen LogP contribution in [0.5, 0.6) is 5.75 Å². The molecule has 0 N–H and O–H groups in total. The van der Waals surface area contributed by atoms with Crippen molar-refractivity contribution in [2.45, 2.75) is 6.61 Å². The van der Waals surface area contributed by atoms with Crippen molar-refractivity contribution in [1.29, 1.82) is 0 Å². The Hall–Kier alpha value is -2.26. The zero-order valence-electron chi connectivity index (χ0n) is 11.4. The van der Waals surface area contributed by atoms with E-state index < -0.39 is 0 Å². The number of benzene rings is 2. The molecule has 2 aromatic rings. The molecule has 0 amide bonds. The van der Waals surface area contributed by atoms with Crippen LogP contribution in [0, 0.1) is 0 Å². The van der Waals surface area contributed by atoms with Crippen LogP contribution in [0.1, 0.15) is 15.9 Å². The number of hydrogen-bond acceptors (Lipinski definition) is 3. The monoisotopic (exact) mass is 302 g/mol. The summed E-state index contributed by atoms with van der Waals surface area (Å²) in [6, 6.07) is 14.3. The van der Waals surface area contributed by atoms with Gasteiger partial charge in [0.15, 0.2) is 0 Å². The van der Waals surface area contributed by atoms with E-state index in [-0.39, 0.29) is 12.6 Å². The Morgan fingerprint density at radius 3 is 2.38 bits per heavy atom. The fourth-order valence-corrected chi connectivity index (χ4v) is 1.78. The number of ether oxygens (including phenoxy) is 2. The van der Waals surface area contributed by atoms with Crippen molar-refractivity contribution in [3.63, 3.8) is 0 Å². The Bertz CT molecular complexity index is 603. The van der Waals surface area contributed by atoms with Crippen LogP contribution in [-0.4, -0.2) is 12.6 Å². The van der Waals surface area contributed by atoms with Gasteiger partial charge in [-0.15, -0.1) is 0 Å². The molecule has 0 aliphatic carbocycles. The summed E-state index contributed by atoms with van der Waals surface area (Å²) in [4.78, 5) is 11.6. The molecule has 0 atom stereocenters. The summed E-state index contributed by atoms with van der Waals surface area (Å²) in [6.07, 6.45) is 1.53. The topological polar surface area (TPSA) is 35.5 Å². The second-order valence-electron chi connectivity index (χ2n) is 4.33. The van der Waals surface area contributed by atoms with E-state index in [1.165, 1.54) is 6.08 Å². The average molecular weight is 303 g/mol. The van der Waals surface area contributed by atoms with Crippen molar-refractivity contribution in [3.8, 4) is 5.75 Å². The van der Waals surface area contributed by atoms with Gasteiger partial charge in [-0.2, -0.15) is 0 Å². The molecular formula is C17H15ClO3. The van der Waals surface area contributed by atoms with Crippen molar-refractivity contribution in [1.82, 2.24) is 0 Å². The third-order valence-corrected chi connectivity index (χ3v) is 2.99.